The van der Waals surface area contributed by atoms with Crippen molar-refractivity contribution in [1.29, 1.82) is 0 Å². The number of hydrogen-bond donors (Lipinski definition) is 1. The fourth-order valence-corrected chi connectivity index (χ4v) is 3.39. The minimum Gasteiger partial charge on any atom is -0.344 e. The van der Waals surface area contributed by atoms with E-state index < -0.39 is 6.04 Å². The van der Waals surface area contributed by atoms with Gasteiger partial charge in [-0.2, -0.15) is 4.98 Å². The lowest BCUT2D eigenvalue weighted by Gasteiger charge is -2.15. The summed E-state index contributed by atoms with van der Waals surface area (Å²) in [5, 5.41) is 7.72. The molecular weight excluding hydrogens is 398 g/mol. The highest BCUT2D eigenvalue weighted by atomic mass is 35.5. The van der Waals surface area contributed by atoms with Crippen LogP contribution in [-0.2, 0) is 17.6 Å². The first-order valence-corrected chi connectivity index (χ1v) is 10.0. The summed E-state index contributed by atoms with van der Waals surface area (Å²) in [5.74, 6) is 0.683. The van der Waals surface area contributed by atoms with Crippen molar-refractivity contribution in [3.63, 3.8) is 0 Å². The minimum absolute atomic E-state index is 0.107. The Hall–Kier alpha value is -3.44. The fourth-order valence-electron chi connectivity index (χ4n) is 3.20. The van der Waals surface area contributed by atoms with Crippen molar-refractivity contribution in [2.75, 3.05) is 0 Å². The average Bonchev–Trinajstić information content (AvgIpc) is 3.25. The number of halogens is 1. The van der Waals surface area contributed by atoms with Crippen LogP contribution in [0.3, 0.4) is 0 Å². The lowest BCUT2D eigenvalue weighted by atomic mass is 10.0. The van der Waals surface area contributed by atoms with Crippen LogP contribution >= 0.6 is 11.6 Å². The molecule has 3 aromatic carbocycles. The van der Waals surface area contributed by atoms with Crippen LogP contribution in [0.25, 0.3) is 11.4 Å². The van der Waals surface area contributed by atoms with Gasteiger partial charge >= 0.3 is 0 Å². The van der Waals surface area contributed by atoms with Crippen LogP contribution in [0.5, 0.6) is 0 Å². The molecule has 30 heavy (non-hydrogen) atoms. The van der Waals surface area contributed by atoms with Crippen molar-refractivity contribution in [2.45, 2.75) is 18.9 Å². The third-order valence-electron chi connectivity index (χ3n) is 4.65. The first kappa shape index (κ1) is 19.9. The molecular formula is C24H20ClN3O2. The van der Waals surface area contributed by atoms with Crippen LogP contribution in [-0.4, -0.2) is 16.0 Å². The average molecular weight is 418 g/mol. The molecule has 0 bridgehead atoms. The third kappa shape index (κ3) is 5.13. The second-order valence-electron chi connectivity index (χ2n) is 6.94. The number of hydrogen-bond acceptors (Lipinski definition) is 4. The van der Waals surface area contributed by atoms with Gasteiger partial charge in [0.15, 0.2) is 0 Å². The van der Waals surface area contributed by atoms with E-state index in [2.05, 4.69) is 15.5 Å². The molecule has 0 saturated heterocycles. The van der Waals surface area contributed by atoms with E-state index in [-0.39, 0.29) is 12.3 Å². The van der Waals surface area contributed by atoms with Crippen molar-refractivity contribution in [3.05, 3.63) is 107 Å². The van der Waals surface area contributed by atoms with Gasteiger partial charge in [-0.15, -0.1) is 0 Å². The molecule has 0 aliphatic heterocycles. The summed E-state index contributed by atoms with van der Waals surface area (Å²) < 4.78 is 5.53. The molecule has 1 atom stereocenters. The van der Waals surface area contributed by atoms with Crippen molar-refractivity contribution >= 4 is 17.5 Å². The number of nitrogens with zero attached hydrogens (tertiary/aromatic N) is 2. The van der Waals surface area contributed by atoms with E-state index in [0.717, 1.165) is 16.7 Å². The molecule has 0 radical (unpaired) electrons. The van der Waals surface area contributed by atoms with Crippen LogP contribution in [0, 0.1) is 0 Å². The minimum atomic E-state index is -0.441. The monoisotopic (exact) mass is 417 g/mol. The summed E-state index contributed by atoms with van der Waals surface area (Å²) in [6, 6.07) is 26.3. The van der Waals surface area contributed by atoms with E-state index in [4.69, 9.17) is 16.1 Å². The van der Waals surface area contributed by atoms with Crippen molar-refractivity contribution < 1.29 is 9.32 Å². The fraction of sp³-hybridized carbons (Fsp3) is 0.125. The van der Waals surface area contributed by atoms with Gasteiger partial charge in [0.05, 0.1) is 6.42 Å². The number of nitrogens with one attached hydrogen (secondary N) is 1. The molecule has 0 spiro atoms. The molecule has 1 unspecified atom stereocenters. The van der Waals surface area contributed by atoms with E-state index in [1.165, 1.54) is 0 Å². The molecule has 4 rings (SSSR count). The number of benzene rings is 3. The van der Waals surface area contributed by atoms with Crippen LogP contribution in [0.15, 0.2) is 89.5 Å². The number of amides is 1. The smallest absolute Gasteiger partial charge is 0.249 e. The number of carbonyl (C=O) groups is 1. The molecule has 1 amide bonds. The Morgan fingerprint density at radius 2 is 1.63 bits per heavy atom. The van der Waals surface area contributed by atoms with Crippen LogP contribution in [0.1, 0.15) is 23.1 Å². The van der Waals surface area contributed by atoms with Crippen molar-refractivity contribution in [1.82, 2.24) is 15.5 Å². The van der Waals surface area contributed by atoms with Gasteiger partial charge in [0.25, 0.3) is 0 Å². The Kier molecular flexibility index (Phi) is 6.20. The lowest BCUT2D eigenvalue weighted by molar-refractivity contribution is -0.121. The summed E-state index contributed by atoms with van der Waals surface area (Å²) in [4.78, 5) is 17.2. The van der Waals surface area contributed by atoms with Gasteiger partial charge in [-0.1, -0.05) is 89.6 Å². The number of aromatic nitrogens is 2. The highest BCUT2D eigenvalue weighted by Gasteiger charge is 2.22. The van der Waals surface area contributed by atoms with Gasteiger partial charge in [0.1, 0.15) is 6.04 Å². The highest BCUT2D eigenvalue weighted by molar-refractivity contribution is 6.30. The molecule has 1 aromatic heterocycles. The van der Waals surface area contributed by atoms with Gasteiger partial charge in [0, 0.05) is 17.0 Å². The summed E-state index contributed by atoms with van der Waals surface area (Å²) in [5.41, 5.74) is 2.76. The van der Waals surface area contributed by atoms with E-state index in [1.807, 2.05) is 72.8 Å². The molecule has 150 valence electrons. The van der Waals surface area contributed by atoms with Crippen LogP contribution in [0.2, 0.25) is 5.02 Å². The first-order valence-electron chi connectivity index (χ1n) is 9.64. The SMILES string of the molecule is O=C(Cc1ccccc1)NC(Cc1ccccc1)c1nc(-c2cccc(Cl)c2)no1. The van der Waals surface area contributed by atoms with Gasteiger partial charge in [-0.3, -0.25) is 4.79 Å². The lowest BCUT2D eigenvalue weighted by Crippen LogP contribution is -2.31. The molecule has 6 heteroatoms. The topological polar surface area (TPSA) is 68.0 Å². The second kappa shape index (κ2) is 9.37. The summed E-state index contributed by atoms with van der Waals surface area (Å²) >= 11 is 6.07. The maximum absolute atomic E-state index is 12.7. The van der Waals surface area contributed by atoms with E-state index in [0.29, 0.717) is 23.2 Å². The quantitative estimate of drug-likeness (QED) is 0.457. The molecule has 5 nitrogen and oxygen atoms in total. The zero-order valence-electron chi connectivity index (χ0n) is 16.2. The van der Waals surface area contributed by atoms with Crippen LogP contribution in [0.4, 0.5) is 0 Å². The Morgan fingerprint density at radius 1 is 0.933 bits per heavy atom. The predicted molar refractivity (Wildman–Crippen MR) is 116 cm³/mol. The van der Waals surface area contributed by atoms with Crippen molar-refractivity contribution in [3.8, 4) is 11.4 Å². The van der Waals surface area contributed by atoms with Crippen LogP contribution < -0.4 is 5.32 Å². The summed E-state index contributed by atoms with van der Waals surface area (Å²) in [7, 11) is 0. The Morgan fingerprint density at radius 3 is 2.33 bits per heavy atom. The normalized spacial score (nSPS) is 11.8. The summed E-state index contributed by atoms with van der Waals surface area (Å²) in [6.07, 6.45) is 0.819. The van der Waals surface area contributed by atoms with Crippen molar-refractivity contribution in [2.24, 2.45) is 0 Å². The molecule has 1 N–H and O–H groups in total. The zero-order chi connectivity index (χ0) is 20.8. The molecule has 1 heterocycles. The first-order chi connectivity index (χ1) is 14.7. The number of rotatable bonds is 7. The van der Waals surface area contributed by atoms with Gasteiger partial charge in [-0.05, 0) is 23.3 Å². The molecule has 0 saturated carbocycles. The third-order valence-corrected chi connectivity index (χ3v) is 4.88. The largest absolute Gasteiger partial charge is 0.344 e. The molecule has 0 aliphatic carbocycles. The molecule has 0 fully saturated rings. The maximum atomic E-state index is 12.7. The predicted octanol–water partition coefficient (Wildman–Crippen LogP) is 5.03. The highest BCUT2D eigenvalue weighted by Crippen LogP contribution is 2.23. The van der Waals surface area contributed by atoms with E-state index >= 15 is 0 Å². The zero-order valence-corrected chi connectivity index (χ0v) is 16.9. The van der Waals surface area contributed by atoms with E-state index in [9.17, 15) is 4.79 Å². The van der Waals surface area contributed by atoms with Gasteiger partial charge in [0.2, 0.25) is 17.6 Å². The second-order valence-corrected chi connectivity index (χ2v) is 7.38. The maximum Gasteiger partial charge on any atom is 0.249 e. The molecule has 4 aromatic rings. The number of carbonyl (C=O) groups excluding carboxylic acids is 1. The Bertz CT molecular complexity index is 1110. The Balaban J connectivity index is 1.56. The van der Waals surface area contributed by atoms with Gasteiger partial charge in [-0.25, -0.2) is 0 Å². The molecule has 0 aliphatic rings. The van der Waals surface area contributed by atoms with Gasteiger partial charge < -0.3 is 9.84 Å². The standard InChI is InChI=1S/C24H20ClN3O2/c25-20-13-7-12-19(16-20)23-27-24(30-28-23)21(14-17-8-3-1-4-9-17)26-22(29)15-18-10-5-2-6-11-18/h1-13,16,21H,14-15H2,(H,26,29). The van der Waals surface area contributed by atoms with E-state index in [1.54, 1.807) is 12.1 Å². The summed E-state index contributed by atoms with van der Waals surface area (Å²) in [6.45, 7) is 0. The Labute approximate surface area is 179 Å².